The molecule has 9 heteroatoms. The highest BCUT2D eigenvalue weighted by molar-refractivity contribution is 9.09. The van der Waals surface area contributed by atoms with Crippen LogP contribution in [0.2, 0.25) is 0 Å². The molecule has 218 valence electrons. The molecule has 2 bridgehead atoms. The Bertz CT molecular complexity index is 1380. The van der Waals surface area contributed by atoms with Crippen molar-refractivity contribution < 1.29 is 19.5 Å². The fraction of sp³-hybridized carbons (Fsp3) is 0.469. The van der Waals surface area contributed by atoms with Gasteiger partial charge in [0.05, 0.1) is 29.2 Å². The van der Waals surface area contributed by atoms with Gasteiger partial charge in [0.25, 0.3) is 5.91 Å². The van der Waals surface area contributed by atoms with E-state index in [1.807, 2.05) is 56.3 Å². The third kappa shape index (κ3) is 4.74. The van der Waals surface area contributed by atoms with Crippen LogP contribution in [0.5, 0.6) is 0 Å². The molecule has 1 N–H and O–H groups in total. The van der Waals surface area contributed by atoms with E-state index in [1.54, 1.807) is 45.7 Å². The van der Waals surface area contributed by atoms with Crippen LogP contribution in [-0.2, 0) is 14.4 Å². The Morgan fingerprint density at radius 1 is 1.15 bits per heavy atom. The predicted octanol–water partition coefficient (Wildman–Crippen LogP) is 4.48. The lowest BCUT2D eigenvalue weighted by Crippen LogP contribution is -2.59. The van der Waals surface area contributed by atoms with E-state index in [1.165, 1.54) is 0 Å². The molecule has 2 aromatic rings. The third-order valence-electron chi connectivity index (χ3n) is 8.96. The average Bonchev–Trinajstić information content (AvgIpc) is 3.54. The second kappa shape index (κ2) is 11.6. The van der Waals surface area contributed by atoms with Gasteiger partial charge in [0.2, 0.25) is 11.8 Å². The molecule has 3 amide bonds. The number of fused-ring (bicyclic) bond motifs is 2. The first kappa shape index (κ1) is 29.9. The van der Waals surface area contributed by atoms with Crippen molar-refractivity contribution in [1.82, 2.24) is 9.80 Å². The van der Waals surface area contributed by atoms with E-state index in [2.05, 4.69) is 29.1 Å². The molecule has 0 saturated carbocycles. The van der Waals surface area contributed by atoms with E-state index in [0.717, 1.165) is 16.5 Å². The first-order valence-electron chi connectivity index (χ1n) is 14.1. The van der Waals surface area contributed by atoms with E-state index in [0.29, 0.717) is 13.0 Å². The molecular weight excluding hydrogens is 602 g/mol. The molecule has 5 rings (SSSR count). The Balaban J connectivity index is 1.64. The largest absolute Gasteiger partial charge is 0.394 e. The maximum absolute atomic E-state index is 14.9. The minimum absolute atomic E-state index is 0.0296. The molecule has 2 aromatic carbocycles. The van der Waals surface area contributed by atoms with Crippen LogP contribution in [0.15, 0.2) is 67.8 Å². The highest BCUT2D eigenvalue weighted by Gasteiger charge is 2.76. The van der Waals surface area contributed by atoms with Crippen molar-refractivity contribution in [3.8, 4) is 0 Å². The van der Waals surface area contributed by atoms with Crippen molar-refractivity contribution in [2.24, 2.45) is 17.8 Å². The van der Waals surface area contributed by atoms with Gasteiger partial charge in [0.1, 0.15) is 6.04 Å². The van der Waals surface area contributed by atoms with Crippen LogP contribution in [0.1, 0.15) is 20.3 Å². The molecule has 41 heavy (non-hydrogen) atoms. The number of rotatable bonds is 10. The summed E-state index contributed by atoms with van der Waals surface area (Å²) < 4.78 is -0.805. The molecule has 3 fully saturated rings. The zero-order valence-electron chi connectivity index (χ0n) is 23.8. The van der Waals surface area contributed by atoms with Gasteiger partial charge in [-0.1, -0.05) is 72.3 Å². The van der Waals surface area contributed by atoms with Gasteiger partial charge in [0, 0.05) is 35.9 Å². The normalized spacial score (nSPS) is 29.1. The van der Waals surface area contributed by atoms with Gasteiger partial charge < -0.3 is 19.8 Å². The van der Waals surface area contributed by atoms with Crippen molar-refractivity contribution >= 4 is 61.9 Å². The van der Waals surface area contributed by atoms with Crippen LogP contribution >= 0.6 is 27.7 Å². The summed E-state index contributed by atoms with van der Waals surface area (Å²) >= 11 is 5.44. The van der Waals surface area contributed by atoms with Gasteiger partial charge in [-0.15, -0.1) is 24.9 Å². The minimum atomic E-state index is -0.844. The van der Waals surface area contributed by atoms with Gasteiger partial charge in [-0.2, -0.15) is 0 Å². The highest BCUT2D eigenvalue weighted by atomic mass is 79.9. The first-order valence-corrected chi connectivity index (χ1v) is 15.9. The van der Waals surface area contributed by atoms with Gasteiger partial charge in [0.15, 0.2) is 0 Å². The number of aliphatic hydroxyl groups excluding tert-OH is 1. The van der Waals surface area contributed by atoms with Crippen LogP contribution in [0, 0.1) is 17.8 Å². The quantitative estimate of drug-likeness (QED) is 0.306. The van der Waals surface area contributed by atoms with Crippen LogP contribution < -0.4 is 4.90 Å². The van der Waals surface area contributed by atoms with Crippen molar-refractivity contribution in [2.45, 2.75) is 47.2 Å². The smallest absolute Gasteiger partial charge is 0.251 e. The second-order valence-electron chi connectivity index (χ2n) is 11.7. The molecule has 0 aromatic heterocycles. The maximum Gasteiger partial charge on any atom is 0.251 e. The van der Waals surface area contributed by atoms with E-state index in [-0.39, 0.29) is 46.9 Å². The third-order valence-corrected chi connectivity index (χ3v) is 12.2. The summed E-state index contributed by atoms with van der Waals surface area (Å²) in [6.45, 7) is 12.0. The Morgan fingerprint density at radius 2 is 1.83 bits per heavy atom. The van der Waals surface area contributed by atoms with E-state index < -0.39 is 28.7 Å². The number of likely N-dealkylation sites (tertiary alicyclic amines) is 1. The monoisotopic (exact) mass is 639 g/mol. The number of hydrogen-bond acceptors (Lipinski definition) is 5. The fourth-order valence-electron chi connectivity index (χ4n) is 7.09. The summed E-state index contributed by atoms with van der Waals surface area (Å²) in [7, 11) is 1.73. The molecule has 1 spiro atoms. The minimum Gasteiger partial charge on any atom is -0.394 e. The number of carbonyl (C=O) groups is 3. The van der Waals surface area contributed by atoms with Crippen molar-refractivity contribution in [3.63, 3.8) is 0 Å². The molecule has 3 saturated heterocycles. The van der Waals surface area contributed by atoms with Crippen LogP contribution in [0.4, 0.5) is 5.69 Å². The predicted molar refractivity (Wildman–Crippen MR) is 169 cm³/mol. The van der Waals surface area contributed by atoms with Crippen LogP contribution in [0.25, 0.3) is 10.8 Å². The summed E-state index contributed by atoms with van der Waals surface area (Å²) in [4.78, 5) is 48.1. The topological polar surface area (TPSA) is 81.2 Å². The number of alkyl halides is 1. The lowest BCUT2D eigenvalue weighted by atomic mass is 9.70. The molecule has 7 atom stereocenters. The maximum atomic E-state index is 14.9. The van der Waals surface area contributed by atoms with E-state index >= 15 is 0 Å². The number of halogens is 1. The molecule has 3 aliphatic heterocycles. The number of thioether (sulfide) groups is 1. The Morgan fingerprint density at radius 3 is 2.46 bits per heavy atom. The molecule has 0 radical (unpaired) electrons. The van der Waals surface area contributed by atoms with Crippen molar-refractivity contribution in [3.05, 3.63) is 67.8 Å². The number of amides is 3. The number of nitrogens with zero attached hydrogens (tertiary/aromatic N) is 3. The zero-order valence-corrected chi connectivity index (χ0v) is 26.2. The van der Waals surface area contributed by atoms with Gasteiger partial charge in [-0.3, -0.25) is 14.4 Å². The molecule has 3 aliphatic rings. The average molecular weight is 641 g/mol. The molecular formula is C32H38BrN3O4S. The number of aliphatic hydroxyl groups is 1. The first-order chi connectivity index (χ1) is 19.6. The Hall–Kier alpha value is -2.62. The zero-order chi connectivity index (χ0) is 29.6. The molecule has 0 aliphatic carbocycles. The van der Waals surface area contributed by atoms with Gasteiger partial charge in [-0.05, 0) is 35.2 Å². The summed E-state index contributed by atoms with van der Waals surface area (Å²) in [5, 5.41) is 12.5. The number of benzene rings is 2. The Labute approximate surface area is 254 Å². The summed E-state index contributed by atoms with van der Waals surface area (Å²) in [5.41, 5.74) is 0.720. The van der Waals surface area contributed by atoms with Gasteiger partial charge >= 0.3 is 0 Å². The van der Waals surface area contributed by atoms with E-state index in [4.69, 9.17) is 0 Å². The highest BCUT2D eigenvalue weighted by Crippen LogP contribution is 2.68. The standard InChI is InChI=1S/C32H38BrN3O4S/c1-6-14-34(5)29(38)25-26-30(39)36(24(18-37)19(3)4)28(32(26)17-23(33)27(25)41-32)31(40)35(15-7-2)22-13-12-20-10-8-9-11-21(20)16-22/h6-13,16,19,23-28,37H,1-2,14-15,17-18H2,3-5H3/t23?,24-,25+,26-,27+,28?,32?/m0/s1. The lowest BCUT2D eigenvalue weighted by Gasteiger charge is -2.41. The van der Waals surface area contributed by atoms with Gasteiger partial charge in [-0.25, -0.2) is 0 Å². The van der Waals surface area contributed by atoms with Crippen LogP contribution in [-0.4, -0.2) is 86.3 Å². The fourth-order valence-corrected chi connectivity index (χ4v) is 10.7. The number of likely N-dealkylation sites (N-methyl/N-ethyl adjacent to an activating group) is 1. The number of carbonyl (C=O) groups excluding carboxylic acids is 3. The number of anilines is 1. The Kier molecular flexibility index (Phi) is 8.43. The molecule has 7 nitrogen and oxygen atoms in total. The van der Waals surface area contributed by atoms with Crippen molar-refractivity contribution in [2.75, 3.05) is 31.6 Å². The van der Waals surface area contributed by atoms with E-state index in [9.17, 15) is 19.5 Å². The molecule has 3 heterocycles. The lowest BCUT2D eigenvalue weighted by molar-refractivity contribution is -0.145. The van der Waals surface area contributed by atoms with Crippen molar-refractivity contribution in [1.29, 1.82) is 0 Å². The SMILES string of the molecule is C=CCN(C)C(=O)[C@H]1[C@@H]2SC3(CC2Br)C(C(=O)N(CC=C)c2ccc4ccccc4c2)N([C@@H](CO)C(C)C)C(=O)[C@H]13. The van der Waals surface area contributed by atoms with Crippen LogP contribution in [0.3, 0.4) is 0 Å². The number of hydrogen-bond donors (Lipinski definition) is 1. The summed E-state index contributed by atoms with van der Waals surface area (Å²) in [5.74, 6) is -1.86. The summed E-state index contributed by atoms with van der Waals surface area (Å²) in [6.07, 6.45) is 3.95. The second-order valence-corrected chi connectivity index (χ2v) is 14.4. The molecule has 3 unspecified atom stereocenters. The summed E-state index contributed by atoms with van der Waals surface area (Å²) in [6, 6.07) is 12.5.